The van der Waals surface area contributed by atoms with Crippen LogP contribution >= 0.6 is 0 Å². The fraction of sp³-hybridized carbons (Fsp3) is 0.632. The molecule has 0 spiro atoms. The number of aromatic nitrogens is 1. The Balaban J connectivity index is 1.64. The SMILES string of the molecule is CC(C)N1CCN2c3ncc(F)cc3N(C3CC3)C(=C3CC3)[C@H]2C1. The number of anilines is 2. The highest BCUT2D eigenvalue weighted by Gasteiger charge is 2.46. The molecule has 5 rings (SSSR count). The van der Waals surface area contributed by atoms with Crippen LogP contribution in [0.2, 0.25) is 0 Å². The van der Waals surface area contributed by atoms with Gasteiger partial charge in [0.25, 0.3) is 0 Å². The summed E-state index contributed by atoms with van der Waals surface area (Å²) in [5, 5.41) is 0. The Kier molecular flexibility index (Phi) is 3.18. The molecule has 0 bridgehead atoms. The number of hydrogen-bond acceptors (Lipinski definition) is 4. The molecule has 0 N–H and O–H groups in total. The Morgan fingerprint density at radius 1 is 1.21 bits per heavy atom. The highest BCUT2D eigenvalue weighted by Crippen LogP contribution is 2.50. The minimum Gasteiger partial charge on any atom is -0.344 e. The molecular weight excluding hydrogens is 303 g/mol. The minimum atomic E-state index is -0.223. The lowest BCUT2D eigenvalue weighted by Gasteiger charge is -2.51. The first kappa shape index (κ1) is 14.7. The maximum Gasteiger partial charge on any atom is 0.153 e. The molecular formula is C19H25FN4. The zero-order valence-corrected chi connectivity index (χ0v) is 14.5. The number of nitrogens with zero attached hydrogens (tertiary/aromatic N) is 4. The van der Waals surface area contributed by atoms with E-state index in [4.69, 9.17) is 0 Å². The molecule has 0 radical (unpaired) electrons. The van der Waals surface area contributed by atoms with Crippen molar-refractivity contribution in [3.63, 3.8) is 0 Å². The van der Waals surface area contributed by atoms with Crippen molar-refractivity contribution >= 4 is 11.5 Å². The summed E-state index contributed by atoms with van der Waals surface area (Å²) in [7, 11) is 0. The van der Waals surface area contributed by atoms with Crippen LogP contribution in [0.1, 0.15) is 39.5 Å². The van der Waals surface area contributed by atoms with E-state index in [2.05, 4.69) is 33.5 Å². The molecule has 3 heterocycles. The van der Waals surface area contributed by atoms with Crippen LogP contribution in [-0.2, 0) is 0 Å². The van der Waals surface area contributed by atoms with E-state index in [1.54, 1.807) is 11.6 Å². The van der Waals surface area contributed by atoms with Gasteiger partial charge in [-0.05, 0) is 45.1 Å². The maximum absolute atomic E-state index is 14.0. The van der Waals surface area contributed by atoms with Crippen LogP contribution in [0.15, 0.2) is 23.5 Å². The summed E-state index contributed by atoms with van der Waals surface area (Å²) >= 11 is 0. The summed E-state index contributed by atoms with van der Waals surface area (Å²) in [4.78, 5) is 12.0. The topological polar surface area (TPSA) is 22.6 Å². The number of pyridine rings is 1. The second-order valence-corrected chi connectivity index (χ2v) is 7.88. The Morgan fingerprint density at radius 2 is 2.00 bits per heavy atom. The zero-order valence-electron chi connectivity index (χ0n) is 14.5. The van der Waals surface area contributed by atoms with E-state index in [0.29, 0.717) is 18.1 Å². The quantitative estimate of drug-likeness (QED) is 0.832. The minimum absolute atomic E-state index is 0.223. The summed E-state index contributed by atoms with van der Waals surface area (Å²) < 4.78 is 14.0. The van der Waals surface area contributed by atoms with E-state index in [1.165, 1.54) is 37.6 Å². The molecule has 128 valence electrons. The summed E-state index contributed by atoms with van der Waals surface area (Å²) in [6, 6.07) is 3.19. The van der Waals surface area contributed by atoms with Crippen molar-refractivity contribution < 1.29 is 4.39 Å². The molecule has 0 unspecified atom stereocenters. The molecule has 1 saturated heterocycles. The lowest BCUT2D eigenvalue weighted by atomic mass is 10.00. The van der Waals surface area contributed by atoms with Crippen molar-refractivity contribution in [1.29, 1.82) is 0 Å². The maximum atomic E-state index is 14.0. The molecule has 4 nitrogen and oxygen atoms in total. The van der Waals surface area contributed by atoms with Gasteiger partial charge in [0.05, 0.1) is 17.9 Å². The number of allylic oxidation sites excluding steroid dienone is 1. The van der Waals surface area contributed by atoms with Gasteiger partial charge in [-0.2, -0.15) is 0 Å². The zero-order chi connectivity index (χ0) is 16.4. The number of fused-ring (bicyclic) bond motifs is 3. The van der Waals surface area contributed by atoms with Gasteiger partial charge in [-0.15, -0.1) is 0 Å². The third-order valence-corrected chi connectivity index (χ3v) is 5.84. The van der Waals surface area contributed by atoms with Crippen LogP contribution < -0.4 is 9.80 Å². The molecule has 0 amide bonds. The molecule has 1 atom stereocenters. The molecule has 0 aromatic carbocycles. The first-order valence-electron chi connectivity index (χ1n) is 9.31. The Bertz CT molecular complexity index is 703. The van der Waals surface area contributed by atoms with Gasteiger partial charge < -0.3 is 9.80 Å². The average Bonchev–Trinajstić information content (AvgIpc) is 3.46. The van der Waals surface area contributed by atoms with Crippen LogP contribution in [0.25, 0.3) is 0 Å². The fourth-order valence-electron chi connectivity index (χ4n) is 4.32. The molecule has 5 heteroatoms. The molecule has 24 heavy (non-hydrogen) atoms. The van der Waals surface area contributed by atoms with Crippen molar-refractivity contribution in [2.75, 3.05) is 29.4 Å². The van der Waals surface area contributed by atoms with Gasteiger partial charge in [-0.3, -0.25) is 4.90 Å². The standard InChI is InChI=1S/C19H25FN4/c1-12(2)22-7-8-23-17(11-22)18(13-3-4-13)24(15-5-6-15)16-9-14(20)10-21-19(16)23/h9-10,12,15,17H,3-8,11H2,1-2H3/t17-/m1/s1. The third-order valence-electron chi connectivity index (χ3n) is 5.84. The van der Waals surface area contributed by atoms with Crippen molar-refractivity contribution in [1.82, 2.24) is 9.88 Å². The van der Waals surface area contributed by atoms with Crippen LogP contribution in [0.3, 0.4) is 0 Å². The number of hydrogen-bond donors (Lipinski definition) is 0. The second-order valence-electron chi connectivity index (χ2n) is 7.88. The van der Waals surface area contributed by atoms with Crippen LogP contribution in [0.4, 0.5) is 15.9 Å². The van der Waals surface area contributed by atoms with Gasteiger partial charge in [0.2, 0.25) is 0 Å². The number of halogens is 1. The van der Waals surface area contributed by atoms with Crippen molar-refractivity contribution in [2.45, 2.75) is 57.7 Å². The van der Waals surface area contributed by atoms with Gasteiger partial charge in [0, 0.05) is 43.5 Å². The summed E-state index contributed by atoms with van der Waals surface area (Å²) in [6.45, 7) is 7.64. The highest BCUT2D eigenvalue weighted by molar-refractivity contribution is 5.77. The van der Waals surface area contributed by atoms with Crippen LogP contribution in [0.5, 0.6) is 0 Å². The molecule has 1 aromatic rings. The van der Waals surface area contributed by atoms with E-state index in [1.807, 2.05) is 0 Å². The smallest absolute Gasteiger partial charge is 0.153 e. The predicted octanol–water partition coefficient (Wildman–Crippen LogP) is 3.15. The number of piperazine rings is 1. The monoisotopic (exact) mass is 328 g/mol. The molecule has 2 saturated carbocycles. The molecule has 1 aromatic heterocycles. The lowest BCUT2D eigenvalue weighted by Crippen LogP contribution is -2.60. The van der Waals surface area contributed by atoms with Crippen LogP contribution in [0, 0.1) is 5.82 Å². The second kappa shape index (κ2) is 5.19. The van der Waals surface area contributed by atoms with Gasteiger partial charge in [0.1, 0.15) is 5.82 Å². The van der Waals surface area contributed by atoms with E-state index in [0.717, 1.165) is 31.1 Å². The van der Waals surface area contributed by atoms with Gasteiger partial charge in [-0.25, -0.2) is 9.37 Å². The van der Waals surface area contributed by atoms with E-state index in [-0.39, 0.29) is 5.82 Å². The largest absolute Gasteiger partial charge is 0.344 e. The first-order valence-corrected chi connectivity index (χ1v) is 9.31. The van der Waals surface area contributed by atoms with E-state index >= 15 is 0 Å². The van der Waals surface area contributed by atoms with Gasteiger partial charge >= 0.3 is 0 Å². The lowest BCUT2D eigenvalue weighted by molar-refractivity contribution is 0.187. The third kappa shape index (κ3) is 2.25. The summed E-state index contributed by atoms with van der Waals surface area (Å²) in [5.41, 5.74) is 4.06. The summed E-state index contributed by atoms with van der Waals surface area (Å²) in [6.07, 6.45) is 6.23. The average molecular weight is 328 g/mol. The molecule has 2 aliphatic carbocycles. The predicted molar refractivity (Wildman–Crippen MR) is 93.8 cm³/mol. The number of rotatable bonds is 2. The van der Waals surface area contributed by atoms with Crippen molar-refractivity contribution in [2.24, 2.45) is 0 Å². The van der Waals surface area contributed by atoms with E-state index in [9.17, 15) is 4.39 Å². The van der Waals surface area contributed by atoms with Gasteiger partial charge in [-0.1, -0.05) is 0 Å². The van der Waals surface area contributed by atoms with Crippen molar-refractivity contribution in [3.05, 3.63) is 29.4 Å². The molecule has 2 aliphatic heterocycles. The highest BCUT2D eigenvalue weighted by atomic mass is 19.1. The Hall–Kier alpha value is -1.62. The molecule has 3 fully saturated rings. The van der Waals surface area contributed by atoms with Gasteiger partial charge in [0.15, 0.2) is 5.82 Å². The fourth-order valence-corrected chi connectivity index (χ4v) is 4.32. The Morgan fingerprint density at radius 3 is 2.67 bits per heavy atom. The first-order chi connectivity index (χ1) is 11.6. The normalized spacial score (nSPS) is 26.8. The molecule has 4 aliphatic rings. The summed E-state index contributed by atoms with van der Waals surface area (Å²) in [5.74, 6) is 0.764. The van der Waals surface area contributed by atoms with Crippen LogP contribution in [-0.4, -0.2) is 47.6 Å². The van der Waals surface area contributed by atoms with Crippen molar-refractivity contribution in [3.8, 4) is 0 Å². The van der Waals surface area contributed by atoms with E-state index < -0.39 is 0 Å². The Labute approximate surface area is 142 Å².